The standard InChI is InChI=1S/C13H16BrN3S/c1-9-15-5-12(6-16-11-2-3-11)17(9)7-13-4-10(14)8-18-13/h4-5,8,11,16H,2-3,6-7H2,1H3. The summed E-state index contributed by atoms with van der Waals surface area (Å²) in [6.45, 7) is 3.92. The number of hydrogen-bond donors (Lipinski definition) is 1. The Kier molecular flexibility index (Phi) is 3.54. The molecule has 3 nitrogen and oxygen atoms in total. The molecule has 1 aliphatic rings. The summed E-state index contributed by atoms with van der Waals surface area (Å²) in [5.74, 6) is 1.09. The van der Waals surface area contributed by atoms with Gasteiger partial charge >= 0.3 is 0 Å². The van der Waals surface area contributed by atoms with Gasteiger partial charge in [0.25, 0.3) is 0 Å². The predicted molar refractivity (Wildman–Crippen MR) is 77.9 cm³/mol. The first-order valence-electron chi connectivity index (χ1n) is 6.19. The Morgan fingerprint density at radius 3 is 3.06 bits per heavy atom. The third-order valence-electron chi connectivity index (χ3n) is 3.22. The van der Waals surface area contributed by atoms with Crippen molar-refractivity contribution in [3.05, 3.63) is 38.5 Å². The molecule has 2 heterocycles. The van der Waals surface area contributed by atoms with Crippen molar-refractivity contribution in [2.24, 2.45) is 0 Å². The Balaban J connectivity index is 1.74. The molecule has 0 atom stereocenters. The quantitative estimate of drug-likeness (QED) is 0.913. The van der Waals surface area contributed by atoms with E-state index in [0.29, 0.717) is 0 Å². The number of rotatable bonds is 5. The molecule has 1 fully saturated rings. The largest absolute Gasteiger partial charge is 0.326 e. The molecule has 1 saturated carbocycles. The molecule has 1 aliphatic carbocycles. The van der Waals surface area contributed by atoms with E-state index in [0.717, 1.165) is 29.4 Å². The minimum Gasteiger partial charge on any atom is -0.326 e. The maximum atomic E-state index is 4.43. The molecule has 0 radical (unpaired) electrons. The van der Waals surface area contributed by atoms with Crippen LogP contribution in [0.25, 0.3) is 0 Å². The van der Waals surface area contributed by atoms with Gasteiger partial charge in [0.15, 0.2) is 0 Å². The van der Waals surface area contributed by atoms with E-state index >= 15 is 0 Å². The average molecular weight is 326 g/mol. The Labute approximate surface area is 119 Å². The molecule has 0 unspecified atom stereocenters. The topological polar surface area (TPSA) is 29.9 Å². The van der Waals surface area contributed by atoms with Gasteiger partial charge < -0.3 is 9.88 Å². The van der Waals surface area contributed by atoms with Crippen LogP contribution in [0.4, 0.5) is 0 Å². The molecule has 3 rings (SSSR count). The molecular formula is C13H16BrN3S. The van der Waals surface area contributed by atoms with E-state index in [1.165, 1.54) is 23.4 Å². The van der Waals surface area contributed by atoms with Gasteiger partial charge in [-0.15, -0.1) is 11.3 Å². The molecule has 0 spiro atoms. The molecule has 0 aromatic carbocycles. The Morgan fingerprint density at radius 2 is 2.39 bits per heavy atom. The summed E-state index contributed by atoms with van der Waals surface area (Å²) in [5, 5.41) is 5.68. The fourth-order valence-electron chi connectivity index (χ4n) is 2.00. The monoisotopic (exact) mass is 325 g/mol. The normalized spacial score (nSPS) is 15.2. The van der Waals surface area contributed by atoms with E-state index < -0.39 is 0 Å². The Hall–Kier alpha value is -0.650. The van der Waals surface area contributed by atoms with E-state index in [9.17, 15) is 0 Å². The fourth-order valence-corrected chi connectivity index (χ4v) is 3.44. The van der Waals surface area contributed by atoms with Crippen molar-refractivity contribution in [2.75, 3.05) is 0 Å². The highest BCUT2D eigenvalue weighted by atomic mass is 79.9. The molecule has 0 bridgehead atoms. The van der Waals surface area contributed by atoms with Crippen LogP contribution < -0.4 is 5.32 Å². The Bertz CT molecular complexity index is 542. The zero-order chi connectivity index (χ0) is 12.5. The van der Waals surface area contributed by atoms with Crippen LogP contribution in [0.2, 0.25) is 0 Å². The summed E-state index contributed by atoms with van der Waals surface area (Å²) in [6.07, 6.45) is 4.64. The van der Waals surface area contributed by atoms with Crippen molar-refractivity contribution < 1.29 is 0 Å². The smallest absolute Gasteiger partial charge is 0.106 e. The van der Waals surface area contributed by atoms with E-state index in [1.807, 2.05) is 6.20 Å². The van der Waals surface area contributed by atoms with E-state index in [2.05, 4.69) is 49.2 Å². The highest BCUT2D eigenvalue weighted by Crippen LogP contribution is 2.22. The lowest BCUT2D eigenvalue weighted by atomic mass is 10.4. The van der Waals surface area contributed by atoms with Gasteiger partial charge in [-0.1, -0.05) is 0 Å². The molecule has 18 heavy (non-hydrogen) atoms. The first-order valence-corrected chi connectivity index (χ1v) is 7.87. The van der Waals surface area contributed by atoms with Gasteiger partial charge in [-0.2, -0.15) is 0 Å². The number of hydrogen-bond acceptors (Lipinski definition) is 3. The molecular weight excluding hydrogens is 310 g/mol. The van der Waals surface area contributed by atoms with E-state index in [4.69, 9.17) is 0 Å². The van der Waals surface area contributed by atoms with Crippen molar-refractivity contribution in [3.63, 3.8) is 0 Å². The van der Waals surface area contributed by atoms with Crippen molar-refractivity contribution in [3.8, 4) is 0 Å². The number of imidazole rings is 1. The van der Waals surface area contributed by atoms with E-state index in [-0.39, 0.29) is 0 Å². The first kappa shape index (κ1) is 12.4. The van der Waals surface area contributed by atoms with Gasteiger partial charge in [0.1, 0.15) is 5.82 Å². The lowest BCUT2D eigenvalue weighted by Gasteiger charge is -2.09. The van der Waals surface area contributed by atoms with Crippen LogP contribution in [-0.2, 0) is 13.1 Å². The maximum absolute atomic E-state index is 4.43. The third kappa shape index (κ3) is 2.84. The zero-order valence-electron chi connectivity index (χ0n) is 10.3. The minimum atomic E-state index is 0.740. The molecule has 1 N–H and O–H groups in total. The molecule has 0 aliphatic heterocycles. The number of nitrogens with one attached hydrogen (secondary N) is 1. The molecule has 96 valence electrons. The summed E-state index contributed by atoms with van der Waals surface area (Å²) in [6, 6.07) is 2.92. The number of aryl methyl sites for hydroxylation is 1. The van der Waals surface area contributed by atoms with Crippen LogP contribution in [0, 0.1) is 6.92 Å². The summed E-state index contributed by atoms with van der Waals surface area (Å²) in [4.78, 5) is 5.79. The van der Waals surface area contributed by atoms with Crippen molar-refractivity contribution in [1.82, 2.24) is 14.9 Å². The number of nitrogens with zero attached hydrogens (tertiary/aromatic N) is 2. The lowest BCUT2D eigenvalue weighted by Crippen LogP contribution is -2.18. The maximum Gasteiger partial charge on any atom is 0.106 e. The number of aromatic nitrogens is 2. The second kappa shape index (κ2) is 5.15. The van der Waals surface area contributed by atoms with Gasteiger partial charge in [0.2, 0.25) is 0 Å². The third-order valence-corrected chi connectivity index (χ3v) is 4.91. The van der Waals surface area contributed by atoms with Gasteiger partial charge in [-0.3, -0.25) is 0 Å². The van der Waals surface area contributed by atoms with Gasteiger partial charge in [0.05, 0.1) is 12.2 Å². The summed E-state index contributed by atoms with van der Waals surface area (Å²) in [5.41, 5.74) is 1.28. The SMILES string of the molecule is Cc1ncc(CNC2CC2)n1Cc1cc(Br)cs1. The van der Waals surface area contributed by atoms with Crippen molar-refractivity contribution >= 4 is 27.3 Å². The molecule has 5 heteroatoms. The van der Waals surface area contributed by atoms with Gasteiger partial charge in [-0.05, 0) is 41.8 Å². The van der Waals surface area contributed by atoms with Crippen LogP contribution in [0.1, 0.15) is 29.2 Å². The molecule has 0 saturated heterocycles. The van der Waals surface area contributed by atoms with Crippen LogP contribution in [0.5, 0.6) is 0 Å². The second-order valence-electron chi connectivity index (χ2n) is 4.77. The zero-order valence-corrected chi connectivity index (χ0v) is 12.7. The molecule has 0 amide bonds. The summed E-state index contributed by atoms with van der Waals surface area (Å²) < 4.78 is 3.46. The fraction of sp³-hybridized carbons (Fsp3) is 0.462. The van der Waals surface area contributed by atoms with Crippen molar-refractivity contribution in [1.29, 1.82) is 0 Å². The average Bonchev–Trinajstić information content (AvgIpc) is 3.00. The van der Waals surface area contributed by atoms with Crippen LogP contribution in [-0.4, -0.2) is 15.6 Å². The Morgan fingerprint density at radius 1 is 1.56 bits per heavy atom. The van der Waals surface area contributed by atoms with Gasteiger partial charge in [-0.25, -0.2) is 4.98 Å². The predicted octanol–water partition coefficient (Wildman–Crippen LogP) is 3.32. The van der Waals surface area contributed by atoms with E-state index in [1.54, 1.807) is 11.3 Å². The van der Waals surface area contributed by atoms with Crippen LogP contribution in [0.3, 0.4) is 0 Å². The second-order valence-corrected chi connectivity index (χ2v) is 6.68. The number of halogens is 1. The minimum absolute atomic E-state index is 0.740. The molecule has 2 aromatic rings. The molecule has 2 aromatic heterocycles. The van der Waals surface area contributed by atoms with Gasteiger partial charge in [0, 0.05) is 33.5 Å². The summed E-state index contributed by atoms with van der Waals surface area (Å²) in [7, 11) is 0. The lowest BCUT2D eigenvalue weighted by molar-refractivity contribution is 0.629. The highest BCUT2D eigenvalue weighted by molar-refractivity contribution is 9.10. The van der Waals surface area contributed by atoms with Crippen LogP contribution in [0.15, 0.2) is 22.1 Å². The van der Waals surface area contributed by atoms with Crippen molar-refractivity contribution in [2.45, 2.75) is 38.9 Å². The van der Waals surface area contributed by atoms with Crippen LogP contribution >= 0.6 is 27.3 Å². The summed E-state index contributed by atoms with van der Waals surface area (Å²) >= 11 is 5.29. The number of thiophene rings is 1. The highest BCUT2D eigenvalue weighted by Gasteiger charge is 2.21. The first-order chi connectivity index (χ1) is 8.72.